The first kappa shape index (κ1) is 19.2. The number of hydrogen-bond donors (Lipinski definition) is 1. The van der Waals surface area contributed by atoms with Gasteiger partial charge in [0.15, 0.2) is 0 Å². The number of aryl methyl sites for hydroxylation is 1. The summed E-state index contributed by atoms with van der Waals surface area (Å²) in [7, 11) is 0. The average molecular weight is 386 g/mol. The Labute approximate surface area is 164 Å². The molecule has 1 aliphatic rings. The van der Waals surface area contributed by atoms with Gasteiger partial charge in [0.05, 0.1) is 0 Å². The minimum Gasteiger partial charge on any atom is -0.368 e. The highest BCUT2D eigenvalue weighted by atomic mass is 35.5. The molecule has 142 valence electrons. The van der Waals surface area contributed by atoms with E-state index in [-0.39, 0.29) is 11.8 Å². The van der Waals surface area contributed by atoms with Crippen molar-refractivity contribution in [3.05, 3.63) is 59.7 Å². The molecule has 1 heterocycles. The van der Waals surface area contributed by atoms with E-state index in [9.17, 15) is 9.59 Å². The van der Waals surface area contributed by atoms with Crippen LogP contribution in [0.2, 0.25) is 0 Å². The number of anilines is 2. The maximum absolute atomic E-state index is 12.7. The third-order valence-electron chi connectivity index (χ3n) is 4.80. The van der Waals surface area contributed by atoms with Gasteiger partial charge in [-0.05, 0) is 49.7 Å². The predicted molar refractivity (Wildman–Crippen MR) is 110 cm³/mol. The summed E-state index contributed by atoms with van der Waals surface area (Å²) in [5.74, 6) is -0.117. The minimum atomic E-state index is -0.566. The van der Waals surface area contributed by atoms with Gasteiger partial charge in [0.2, 0.25) is 5.91 Å². The van der Waals surface area contributed by atoms with Gasteiger partial charge < -0.3 is 15.1 Å². The second-order valence-corrected chi connectivity index (χ2v) is 7.40. The van der Waals surface area contributed by atoms with Crippen molar-refractivity contribution in [3.8, 4) is 0 Å². The number of nitrogens with zero attached hydrogens (tertiary/aromatic N) is 2. The summed E-state index contributed by atoms with van der Waals surface area (Å²) in [5.41, 5.74) is 3.59. The maximum Gasteiger partial charge on any atom is 0.254 e. The van der Waals surface area contributed by atoms with E-state index in [0.29, 0.717) is 13.1 Å². The second kappa shape index (κ2) is 8.44. The van der Waals surface area contributed by atoms with E-state index in [4.69, 9.17) is 11.6 Å². The van der Waals surface area contributed by atoms with Crippen LogP contribution in [-0.2, 0) is 4.79 Å². The smallest absolute Gasteiger partial charge is 0.254 e. The number of amides is 2. The molecule has 1 fully saturated rings. The predicted octanol–water partition coefficient (Wildman–Crippen LogP) is 3.52. The van der Waals surface area contributed by atoms with Gasteiger partial charge in [0, 0.05) is 43.1 Å². The third-order valence-corrected chi connectivity index (χ3v) is 5.00. The molecule has 27 heavy (non-hydrogen) atoms. The zero-order chi connectivity index (χ0) is 19.4. The summed E-state index contributed by atoms with van der Waals surface area (Å²) >= 11 is 5.77. The largest absolute Gasteiger partial charge is 0.368 e. The number of rotatable bonds is 4. The normalized spacial score (nSPS) is 15.4. The molecule has 1 N–H and O–H groups in total. The van der Waals surface area contributed by atoms with Gasteiger partial charge in [-0.2, -0.15) is 0 Å². The van der Waals surface area contributed by atoms with Crippen molar-refractivity contribution in [2.24, 2.45) is 0 Å². The van der Waals surface area contributed by atoms with Gasteiger partial charge >= 0.3 is 0 Å². The third kappa shape index (κ3) is 4.61. The zero-order valence-electron chi connectivity index (χ0n) is 15.6. The topological polar surface area (TPSA) is 52.7 Å². The van der Waals surface area contributed by atoms with Crippen molar-refractivity contribution >= 4 is 34.8 Å². The molecule has 0 radical (unpaired) electrons. The summed E-state index contributed by atoms with van der Waals surface area (Å²) in [5, 5.41) is 2.21. The van der Waals surface area contributed by atoms with Gasteiger partial charge in [-0.1, -0.05) is 18.2 Å². The SMILES string of the molecule is Cc1ccccc1C(=O)N1CCN(c2ccc(NC(=O)[C@H](C)Cl)cc2)CC1. The van der Waals surface area contributed by atoms with E-state index < -0.39 is 5.38 Å². The van der Waals surface area contributed by atoms with E-state index in [1.165, 1.54) is 0 Å². The van der Waals surface area contributed by atoms with Crippen molar-refractivity contribution in [3.63, 3.8) is 0 Å². The highest BCUT2D eigenvalue weighted by Gasteiger charge is 2.23. The number of alkyl halides is 1. The van der Waals surface area contributed by atoms with Crippen LogP contribution in [0.25, 0.3) is 0 Å². The molecule has 2 amide bonds. The van der Waals surface area contributed by atoms with Gasteiger partial charge in [-0.3, -0.25) is 9.59 Å². The molecule has 2 aromatic carbocycles. The number of carbonyl (C=O) groups is 2. The fourth-order valence-electron chi connectivity index (χ4n) is 3.15. The number of hydrogen-bond acceptors (Lipinski definition) is 3. The number of nitrogens with one attached hydrogen (secondary N) is 1. The molecule has 1 aliphatic heterocycles. The Hall–Kier alpha value is -2.53. The molecule has 0 bridgehead atoms. The fraction of sp³-hybridized carbons (Fsp3) is 0.333. The van der Waals surface area contributed by atoms with E-state index in [2.05, 4.69) is 10.2 Å². The zero-order valence-corrected chi connectivity index (χ0v) is 16.4. The molecule has 2 aromatic rings. The number of piperazine rings is 1. The maximum atomic E-state index is 12.7. The van der Waals surface area contributed by atoms with Crippen LogP contribution in [0.5, 0.6) is 0 Å². The Morgan fingerprint density at radius 1 is 1.00 bits per heavy atom. The lowest BCUT2D eigenvalue weighted by Gasteiger charge is -2.36. The first-order valence-corrected chi connectivity index (χ1v) is 9.54. The Morgan fingerprint density at radius 2 is 1.63 bits per heavy atom. The summed E-state index contributed by atoms with van der Waals surface area (Å²) in [6, 6.07) is 15.4. The number of halogens is 1. The molecule has 1 saturated heterocycles. The Bertz CT molecular complexity index is 812. The molecule has 1 atom stereocenters. The molecule has 0 saturated carbocycles. The molecular formula is C21H24ClN3O2. The number of carbonyl (C=O) groups excluding carboxylic acids is 2. The molecule has 5 nitrogen and oxygen atoms in total. The molecule has 6 heteroatoms. The van der Waals surface area contributed by atoms with Gasteiger partial charge in [0.25, 0.3) is 5.91 Å². The van der Waals surface area contributed by atoms with Crippen LogP contribution in [0.1, 0.15) is 22.8 Å². The number of benzene rings is 2. The monoisotopic (exact) mass is 385 g/mol. The van der Waals surface area contributed by atoms with Crippen molar-refractivity contribution in [2.45, 2.75) is 19.2 Å². The van der Waals surface area contributed by atoms with E-state index >= 15 is 0 Å². The van der Waals surface area contributed by atoms with Crippen molar-refractivity contribution in [1.82, 2.24) is 4.90 Å². The summed E-state index contributed by atoms with van der Waals surface area (Å²) in [4.78, 5) is 28.5. The van der Waals surface area contributed by atoms with E-state index in [1.54, 1.807) is 6.92 Å². The lowest BCUT2D eigenvalue weighted by atomic mass is 10.1. The van der Waals surface area contributed by atoms with Crippen LogP contribution in [0.3, 0.4) is 0 Å². The Balaban J connectivity index is 1.58. The lowest BCUT2D eigenvalue weighted by Crippen LogP contribution is -2.48. The summed E-state index contributed by atoms with van der Waals surface area (Å²) in [6.45, 7) is 6.55. The van der Waals surface area contributed by atoms with Crippen LogP contribution >= 0.6 is 11.6 Å². The van der Waals surface area contributed by atoms with Gasteiger partial charge in [-0.25, -0.2) is 0 Å². The highest BCUT2D eigenvalue weighted by Crippen LogP contribution is 2.21. The molecule has 0 spiro atoms. The Morgan fingerprint density at radius 3 is 2.22 bits per heavy atom. The van der Waals surface area contributed by atoms with Crippen LogP contribution in [-0.4, -0.2) is 48.3 Å². The first-order chi connectivity index (χ1) is 13.0. The van der Waals surface area contributed by atoms with E-state index in [0.717, 1.165) is 35.6 Å². The van der Waals surface area contributed by atoms with Crippen LogP contribution in [0.4, 0.5) is 11.4 Å². The first-order valence-electron chi connectivity index (χ1n) is 9.10. The van der Waals surface area contributed by atoms with Gasteiger partial charge in [0.1, 0.15) is 5.38 Å². The van der Waals surface area contributed by atoms with Gasteiger partial charge in [-0.15, -0.1) is 11.6 Å². The quantitative estimate of drug-likeness (QED) is 0.819. The van der Waals surface area contributed by atoms with Crippen LogP contribution in [0, 0.1) is 6.92 Å². The Kier molecular flexibility index (Phi) is 6.01. The summed E-state index contributed by atoms with van der Waals surface area (Å²) < 4.78 is 0. The minimum absolute atomic E-state index is 0.0982. The second-order valence-electron chi connectivity index (χ2n) is 6.75. The lowest BCUT2D eigenvalue weighted by molar-refractivity contribution is -0.115. The van der Waals surface area contributed by atoms with Crippen LogP contribution < -0.4 is 10.2 Å². The van der Waals surface area contributed by atoms with Crippen molar-refractivity contribution < 1.29 is 9.59 Å². The highest BCUT2D eigenvalue weighted by molar-refractivity contribution is 6.32. The fourth-order valence-corrected chi connectivity index (χ4v) is 3.20. The molecule has 0 aliphatic carbocycles. The molecule has 3 rings (SSSR count). The molecule has 0 unspecified atom stereocenters. The standard InChI is InChI=1S/C21H24ClN3O2/c1-15-5-3-4-6-19(15)21(27)25-13-11-24(12-14-25)18-9-7-17(8-10-18)23-20(26)16(2)22/h3-10,16H,11-14H2,1-2H3,(H,23,26)/t16-/m0/s1. The van der Waals surface area contributed by atoms with Crippen molar-refractivity contribution in [2.75, 3.05) is 36.4 Å². The van der Waals surface area contributed by atoms with Crippen LogP contribution in [0.15, 0.2) is 48.5 Å². The summed E-state index contributed by atoms with van der Waals surface area (Å²) in [6.07, 6.45) is 0. The van der Waals surface area contributed by atoms with Crippen molar-refractivity contribution in [1.29, 1.82) is 0 Å². The van der Waals surface area contributed by atoms with E-state index in [1.807, 2.05) is 60.4 Å². The average Bonchev–Trinajstić information content (AvgIpc) is 2.68. The molecular weight excluding hydrogens is 362 g/mol. The molecule has 0 aromatic heterocycles.